The molecule has 2 rings (SSSR count). The van der Waals surface area contributed by atoms with Gasteiger partial charge in [0.25, 0.3) is 0 Å². The summed E-state index contributed by atoms with van der Waals surface area (Å²) < 4.78 is 27.1. The molecule has 1 aromatic carbocycles. The Labute approximate surface area is 130 Å². The molecule has 0 saturated heterocycles. The number of aryl methyl sites for hydroxylation is 1. The molecule has 8 heteroatoms. The summed E-state index contributed by atoms with van der Waals surface area (Å²) in [5.41, 5.74) is 6.53. The van der Waals surface area contributed by atoms with Crippen molar-refractivity contribution in [3.8, 4) is 0 Å². The first-order valence-corrected chi connectivity index (χ1v) is 7.97. The van der Waals surface area contributed by atoms with Crippen molar-refractivity contribution >= 4 is 34.0 Å². The van der Waals surface area contributed by atoms with Crippen LogP contribution in [0, 0.1) is 6.92 Å². The average molecular weight is 334 g/mol. The normalized spacial score (nSPS) is 16.0. The fourth-order valence-corrected chi connectivity index (χ4v) is 3.28. The standard InChI is InChI=1S/C13H19N3O3S.ClH/c1-8-3-4-11(15-13(17)9(2)14)7-12(8)20(18,19)16-10-5-6-10;/h3-4,7,9-10,16H,5-6,14H2,1-2H3,(H,15,17);1H/t9-;/m0./s1. The lowest BCUT2D eigenvalue weighted by Crippen LogP contribution is -2.32. The molecule has 0 bridgehead atoms. The largest absolute Gasteiger partial charge is 0.325 e. The van der Waals surface area contributed by atoms with E-state index in [4.69, 9.17) is 5.73 Å². The van der Waals surface area contributed by atoms with Crippen molar-refractivity contribution < 1.29 is 13.2 Å². The highest BCUT2D eigenvalue weighted by Gasteiger charge is 2.29. The summed E-state index contributed by atoms with van der Waals surface area (Å²) in [6.45, 7) is 3.29. The van der Waals surface area contributed by atoms with Gasteiger partial charge >= 0.3 is 0 Å². The zero-order valence-electron chi connectivity index (χ0n) is 11.9. The minimum absolute atomic E-state index is 0. The number of nitrogens with two attached hydrogens (primary N) is 1. The molecule has 118 valence electrons. The van der Waals surface area contributed by atoms with Crippen LogP contribution in [0.2, 0.25) is 0 Å². The molecule has 0 radical (unpaired) electrons. The Balaban J connectivity index is 0.00000220. The van der Waals surface area contributed by atoms with Crippen molar-refractivity contribution in [1.29, 1.82) is 0 Å². The van der Waals surface area contributed by atoms with Gasteiger partial charge in [0.05, 0.1) is 10.9 Å². The molecule has 1 atom stereocenters. The summed E-state index contributed by atoms with van der Waals surface area (Å²) >= 11 is 0. The quantitative estimate of drug-likeness (QED) is 0.752. The number of amides is 1. The van der Waals surface area contributed by atoms with E-state index in [1.807, 2.05) is 0 Å². The van der Waals surface area contributed by atoms with E-state index >= 15 is 0 Å². The predicted octanol–water partition coefficient (Wildman–Crippen LogP) is 1.14. The van der Waals surface area contributed by atoms with Gasteiger partial charge < -0.3 is 11.1 Å². The van der Waals surface area contributed by atoms with Crippen LogP contribution in [0.15, 0.2) is 23.1 Å². The molecule has 0 aliphatic heterocycles. The Morgan fingerprint density at radius 2 is 2.00 bits per heavy atom. The molecule has 6 nitrogen and oxygen atoms in total. The number of anilines is 1. The molecule has 1 saturated carbocycles. The summed E-state index contributed by atoms with van der Waals surface area (Å²) in [5, 5.41) is 2.59. The summed E-state index contributed by atoms with van der Waals surface area (Å²) in [6.07, 6.45) is 1.75. The van der Waals surface area contributed by atoms with Gasteiger partial charge in [0, 0.05) is 11.7 Å². The molecule has 0 aromatic heterocycles. The van der Waals surface area contributed by atoms with E-state index in [0.717, 1.165) is 12.8 Å². The van der Waals surface area contributed by atoms with E-state index in [-0.39, 0.29) is 29.3 Å². The topological polar surface area (TPSA) is 101 Å². The number of hydrogen-bond acceptors (Lipinski definition) is 4. The predicted molar refractivity (Wildman–Crippen MR) is 84.0 cm³/mol. The Bertz CT molecular complexity index is 628. The first kappa shape index (κ1) is 17.9. The third-order valence-electron chi connectivity index (χ3n) is 3.06. The Morgan fingerprint density at radius 1 is 1.38 bits per heavy atom. The molecule has 0 heterocycles. The Morgan fingerprint density at radius 3 is 2.52 bits per heavy atom. The lowest BCUT2D eigenvalue weighted by atomic mass is 10.2. The van der Waals surface area contributed by atoms with Crippen LogP contribution in [0.1, 0.15) is 25.3 Å². The number of carbonyl (C=O) groups excluding carboxylic acids is 1. The van der Waals surface area contributed by atoms with Crippen LogP contribution in [0.3, 0.4) is 0 Å². The first-order valence-electron chi connectivity index (χ1n) is 6.49. The van der Waals surface area contributed by atoms with Gasteiger partial charge in [-0.05, 0) is 44.4 Å². The third-order valence-corrected chi connectivity index (χ3v) is 4.72. The smallest absolute Gasteiger partial charge is 0.241 e. The van der Waals surface area contributed by atoms with E-state index in [0.29, 0.717) is 11.3 Å². The number of hydrogen-bond donors (Lipinski definition) is 3. The molecule has 4 N–H and O–H groups in total. The summed E-state index contributed by atoms with van der Waals surface area (Å²) in [4.78, 5) is 11.7. The Kier molecular flexibility index (Phi) is 5.75. The first-order chi connectivity index (χ1) is 9.29. The van der Waals surface area contributed by atoms with E-state index < -0.39 is 16.1 Å². The number of sulfonamides is 1. The van der Waals surface area contributed by atoms with Gasteiger partial charge in [0.15, 0.2) is 0 Å². The van der Waals surface area contributed by atoms with Crippen molar-refractivity contribution in [2.24, 2.45) is 5.73 Å². The van der Waals surface area contributed by atoms with Crippen LogP contribution in [-0.2, 0) is 14.8 Å². The number of halogens is 1. The number of carbonyl (C=O) groups is 1. The van der Waals surface area contributed by atoms with Gasteiger partial charge in [-0.15, -0.1) is 12.4 Å². The monoisotopic (exact) mass is 333 g/mol. The van der Waals surface area contributed by atoms with Gasteiger partial charge in [0.1, 0.15) is 0 Å². The minimum atomic E-state index is -3.54. The second-order valence-corrected chi connectivity index (χ2v) is 6.84. The van der Waals surface area contributed by atoms with Crippen LogP contribution in [0.25, 0.3) is 0 Å². The van der Waals surface area contributed by atoms with Crippen LogP contribution < -0.4 is 15.8 Å². The molecule has 0 unspecified atom stereocenters. The molecular weight excluding hydrogens is 314 g/mol. The van der Waals surface area contributed by atoms with Gasteiger partial charge in [-0.2, -0.15) is 0 Å². The minimum Gasteiger partial charge on any atom is -0.325 e. The summed E-state index contributed by atoms with van der Waals surface area (Å²) in [7, 11) is -3.54. The molecule has 0 spiro atoms. The highest BCUT2D eigenvalue weighted by atomic mass is 35.5. The van der Waals surface area contributed by atoms with Crippen LogP contribution in [0.5, 0.6) is 0 Å². The lowest BCUT2D eigenvalue weighted by Gasteiger charge is -2.12. The van der Waals surface area contributed by atoms with Crippen LogP contribution in [-0.4, -0.2) is 26.4 Å². The third kappa shape index (κ3) is 4.67. The molecule has 1 aliphatic rings. The zero-order chi connectivity index (χ0) is 14.9. The second kappa shape index (κ2) is 6.74. The van der Waals surface area contributed by atoms with Gasteiger partial charge in [-0.1, -0.05) is 6.07 Å². The maximum atomic E-state index is 12.2. The van der Waals surface area contributed by atoms with Crippen molar-refractivity contribution in [2.45, 2.75) is 43.7 Å². The molecule has 1 aliphatic carbocycles. The molecule has 1 aromatic rings. The Hall–Kier alpha value is -1.15. The van der Waals surface area contributed by atoms with Gasteiger partial charge in [-0.3, -0.25) is 4.79 Å². The summed E-state index contributed by atoms with van der Waals surface area (Å²) in [6, 6.07) is 4.17. The average Bonchev–Trinajstić information content (AvgIpc) is 3.14. The molecule has 21 heavy (non-hydrogen) atoms. The molecule has 1 amide bonds. The van der Waals surface area contributed by atoms with Crippen LogP contribution in [0.4, 0.5) is 5.69 Å². The second-order valence-electron chi connectivity index (χ2n) is 5.15. The fraction of sp³-hybridized carbons (Fsp3) is 0.462. The van der Waals surface area contributed by atoms with E-state index in [1.165, 1.54) is 6.07 Å². The molecule has 1 fully saturated rings. The fourth-order valence-electron chi connectivity index (χ4n) is 1.71. The lowest BCUT2D eigenvalue weighted by molar-refractivity contribution is -0.117. The maximum Gasteiger partial charge on any atom is 0.241 e. The zero-order valence-corrected chi connectivity index (χ0v) is 13.6. The van der Waals surface area contributed by atoms with Crippen molar-refractivity contribution in [2.75, 3.05) is 5.32 Å². The summed E-state index contributed by atoms with van der Waals surface area (Å²) in [5.74, 6) is -0.354. The highest BCUT2D eigenvalue weighted by molar-refractivity contribution is 7.89. The van der Waals surface area contributed by atoms with Gasteiger partial charge in [-0.25, -0.2) is 13.1 Å². The highest BCUT2D eigenvalue weighted by Crippen LogP contribution is 2.25. The van der Waals surface area contributed by atoms with Crippen molar-refractivity contribution in [3.63, 3.8) is 0 Å². The number of rotatable bonds is 5. The van der Waals surface area contributed by atoms with E-state index in [9.17, 15) is 13.2 Å². The van der Waals surface area contributed by atoms with Crippen molar-refractivity contribution in [1.82, 2.24) is 4.72 Å². The van der Waals surface area contributed by atoms with Crippen molar-refractivity contribution in [3.05, 3.63) is 23.8 Å². The van der Waals surface area contributed by atoms with Crippen LogP contribution >= 0.6 is 12.4 Å². The SMILES string of the molecule is Cc1ccc(NC(=O)[C@H](C)N)cc1S(=O)(=O)NC1CC1.Cl. The maximum absolute atomic E-state index is 12.2. The van der Waals surface area contributed by atoms with E-state index in [2.05, 4.69) is 10.0 Å². The van der Waals surface area contributed by atoms with E-state index in [1.54, 1.807) is 26.0 Å². The number of nitrogens with one attached hydrogen (secondary N) is 2. The number of benzene rings is 1. The van der Waals surface area contributed by atoms with Gasteiger partial charge in [0.2, 0.25) is 15.9 Å². The molecular formula is C13H20ClN3O3S.